The molecule has 1 atom stereocenters. The van der Waals surface area contributed by atoms with E-state index in [4.69, 9.17) is 0 Å². The zero-order valence-corrected chi connectivity index (χ0v) is 17.8. The van der Waals surface area contributed by atoms with Crippen molar-refractivity contribution in [3.63, 3.8) is 0 Å². The van der Waals surface area contributed by atoms with Gasteiger partial charge in [-0.25, -0.2) is 4.98 Å². The number of aromatic nitrogens is 1. The molecule has 2 amide bonds. The maximum absolute atomic E-state index is 12.7. The van der Waals surface area contributed by atoms with Gasteiger partial charge in [-0.2, -0.15) is 0 Å². The number of thiazole rings is 1. The molecule has 7 heteroatoms. The summed E-state index contributed by atoms with van der Waals surface area (Å²) in [5.74, 6) is -0.344. The maximum Gasteiger partial charge on any atom is 0.267 e. The maximum atomic E-state index is 12.7. The van der Waals surface area contributed by atoms with Crippen molar-refractivity contribution in [1.29, 1.82) is 0 Å². The van der Waals surface area contributed by atoms with Gasteiger partial charge in [-0.05, 0) is 49.9 Å². The van der Waals surface area contributed by atoms with Gasteiger partial charge in [0.25, 0.3) is 11.8 Å². The lowest BCUT2D eigenvalue weighted by atomic mass is 10.1. The fraction of sp³-hybridized carbons (Fsp3) is 0.261. The summed E-state index contributed by atoms with van der Waals surface area (Å²) in [6.45, 7) is 3.96. The Bertz CT molecular complexity index is 1060. The van der Waals surface area contributed by atoms with Crippen molar-refractivity contribution in [3.8, 4) is 0 Å². The van der Waals surface area contributed by atoms with E-state index in [1.807, 2.05) is 43.3 Å². The van der Waals surface area contributed by atoms with Crippen molar-refractivity contribution in [2.75, 3.05) is 10.6 Å². The van der Waals surface area contributed by atoms with E-state index >= 15 is 0 Å². The molecule has 1 saturated carbocycles. The number of nitrogens with zero attached hydrogens (tertiary/aromatic N) is 1. The molecule has 0 radical (unpaired) electrons. The summed E-state index contributed by atoms with van der Waals surface area (Å²) in [6.07, 6.45) is 3.64. The quantitative estimate of drug-likeness (QED) is 0.514. The van der Waals surface area contributed by atoms with Crippen molar-refractivity contribution in [2.24, 2.45) is 0 Å². The molecule has 30 heavy (non-hydrogen) atoms. The van der Waals surface area contributed by atoms with E-state index in [0.717, 1.165) is 24.0 Å². The van der Waals surface area contributed by atoms with Crippen LogP contribution >= 0.6 is 11.3 Å². The molecule has 1 aliphatic carbocycles. The second-order valence-electron chi connectivity index (χ2n) is 7.54. The predicted molar refractivity (Wildman–Crippen MR) is 120 cm³/mol. The summed E-state index contributed by atoms with van der Waals surface area (Å²) >= 11 is 1.30. The summed E-state index contributed by atoms with van der Waals surface area (Å²) in [4.78, 5) is 29.9. The minimum absolute atomic E-state index is 0.0807. The summed E-state index contributed by atoms with van der Waals surface area (Å²) in [7, 11) is 0. The van der Waals surface area contributed by atoms with Gasteiger partial charge in [-0.15, -0.1) is 0 Å². The molecule has 154 valence electrons. The average Bonchev–Trinajstić information content (AvgIpc) is 3.44. The molecule has 1 aromatic heterocycles. The molecule has 1 heterocycles. The van der Waals surface area contributed by atoms with Crippen LogP contribution in [0.3, 0.4) is 0 Å². The highest BCUT2D eigenvalue weighted by Gasteiger charge is 2.24. The Morgan fingerprint density at radius 1 is 1.10 bits per heavy atom. The molecule has 0 unspecified atom stereocenters. The molecule has 2 aromatic carbocycles. The Morgan fingerprint density at radius 2 is 1.87 bits per heavy atom. The van der Waals surface area contributed by atoms with Gasteiger partial charge in [0.05, 0.1) is 12.2 Å². The topological polar surface area (TPSA) is 83.1 Å². The highest BCUT2D eigenvalue weighted by molar-refractivity contribution is 7.17. The molecule has 0 spiro atoms. The predicted octanol–water partition coefficient (Wildman–Crippen LogP) is 4.77. The molecule has 0 aliphatic heterocycles. The van der Waals surface area contributed by atoms with Crippen molar-refractivity contribution in [1.82, 2.24) is 10.3 Å². The molecule has 1 fully saturated rings. The monoisotopic (exact) mass is 420 g/mol. The average molecular weight is 421 g/mol. The van der Waals surface area contributed by atoms with Crippen LogP contribution in [-0.2, 0) is 0 Å². The first kappa shape index (κ1) is 20.1. The van der Waals surface area contributed by atoms with Crippen LogP contribution in [0.2, 0.25) is 0 Å². The molecule has 0 bridgehead atoms. The largest absolute Gasteiger partial charge is 0.355 e. The van der Waals surface area contributed by atoms with Gasteiger partial charge in [0.15, 0.2) is 5.13 Å². The van der Waals surface area contributed by atoms with Crippen LogP contribution in [0.25, 0.3) is 0 Å². The highest BCUT2D eigenvalue weighted by atomic mass is 32.1. The number of amides is 2. The third-order valence-electron chi connectivity index (χ3n) is 5.03. The van der Waals surface area contributed by atoms with Crippen molar-refractivity contribution in [2.45, 2.75) is 38.8 Å². The second kappa shape index (κ2) is 8.67. The van der Waals surface area contributed by atoms with E-state index in [2.05, 4.69) is 27.9 Å². The molecule has 1 aliphatic rings. The Kier molecular flexibility index (Phi) is 5.81. The third-order valence-corrected chi connectivity index (χ3v) is 5.96. The number of nitrogens with one attached hydrogen (secondary N) is 3. The summed E-state index contributed by atoms with van der Waals surface area (Å²) in [5, 5.41) is 9.90. The van der Waals surface area contributed by atoms with Crippen LogP contribution in [0.1, 0.15) is 57.0 Å². The molecule has 4 rings (SSSR count). The first-order valence-corrected chi connectivity index (χ1v) is 10.8. The summed E-state index contributed by atoms with van der Waals surface area (Å²) < 4.78 is 0. The van der Waals surface area contributed by atoms with Crippen LogP contribution in [-0.4, -0.2) is 22.8 Å². The zero-order valence-electron chi connectivity index (χ0n) is 16.9. The van der Waals surface area contributed by atoms with Gasteiger partial charge in [0.1, 0.15) is 4.88 Å². The van der Waals surface area contributed by atoms with Gasteiger partial charge >= 0.3 is 0 Å². The van der Waals surface area contributed by atoms with Crippen molar-refractivity contribution >= 4 is 34.0 Å². The van der Waals surface area contributed by atoms with Gasteiger partial charge in [-0.3, -0.25) is 9.59 Å². The van der Waals surface area contributed by atoms with E-state index in [9.17, 15) is 9.59 Å². The number of rotatable bonds is 7. The molecule has 3 N–H and O–H groups in total. The number of anilines is 2. The van der Waals surface area contributed by atoms with Gasteiger partial charge < -0.3 is 16.0 Å². The highest BCUT2D eigenvalue weighted by Crippen LogP contribution is 2.26. The smallest absolute Gasteiger partial charge is 0.267 e. The Morgan fingerprint density at radius 3 is 2.60 bits per heavy atom. The van der Waals surface area contributed by atoms with E-state index in [1.54, 1.807) is 18.3 Å². The van der Waals surface area contributed by atoms with Crippen molar-refractivity contribution in [3.05, 3.63) is 76.3 Å². The van der Waals surface area contributed by atoms with Crippen LogP contribution < -0.4 is 16.0 Å². The first-order chi connectivity index (χ1) is 14.5. The Balaban J connectivity index is 1.42. The van der Waals surface area contributed by atoms with E-state index in [1.165, 1.54) is 11.3 Å². The first-order valence-electron chi connectivity index (χ1n) is 10.00. The van der Waals surface area contributed by atoms with Crippen molar-refractivity contribution < 1.29 is 9.59 Å². The fourth-order valence-electron chi connectivity index (χ4n) is 3.03. The van der Waals surface area contributed by atoms with Crippen LogP contribution in [0.5, 0.6) is 0 Å². The van der Waals surface area contributed by atoms with E-state index in [0.29, 0.717) is 27.3 Å². The lowest BCUT2D eigenvalue weighted by Gasteiger charge is -2.12. The lowest BCUT2D eigenvalue weighted by Crippen LogP contribution is -2.25. The normalized spacial score (nSPS) is 14.1. The van der Waals surface area contributed by atoms with E-state index < -0.39 is 0 Å². The molecule has 3 aromatic rings. The number of hydrogen-bond acceptors (Lipinski definition) is 5. The number of carbonyl (C=O) groups is 2. The SMILES string of the molecule is Cc1ccc(C(=O)NC2CC2)cc1NC(=O)c1cnc(N[C@@H](C)c2ccccc2)s1. The minimum Gasteiger partial charge on any atom is -0.355 e. The second-order valence-corrected chi connectivity index (χ2v) is 8.57. The number of benzene rings is 2. The standard InChI is InChI=1S/C23H24N4O2S/c1-14-8-9-17(21(28)26-18-10-11-18)12-19(14)27-22(29)20-13-24-23(30-20)25-15(2)16-6-4-3-5-7-16/h3-9,12-13,15,18H,10-11H2,1-2H3,(H,24,25)(H,26,28)(H,27,29)/t15-/m0/s1. The number of hydrogen-bond donors (Lipinski definition) is 3. The third kappa shape index (κ3) is 4.86. The number of carbonyl (C=O) groups excluding carboxylic acids is 2. The van der Waals surface area contributed by atoms with Crippen LogP contribution in [0, 0.1) is 6.92 Å². The van der Waals surface area contributed by atoms with Gasteiger partial charge in [0.2, 0.25) is 0 Å². The summed E-state index contributed by atoms with van der Waals surface area (Å²) in [6, 6.07) is 15.8. The fourth-order valence-corrected chi connectivity index (χ4v) is 3.83. The number of aryl methyl sites for hydroxylation is 1. The van der Waals surface area contributed by atoms with E-state index in [-0.39, 0.29) is 17.9 Å². The molecular weight excluding hydrogens is 396 g/mol. The summed E-state index contributed by atoms with van der Waals surface area (Å²) in [5.41, 5.74) is 3.22. The minimum atomic E-state index is -0.240. The Hall–Kier alpha value is -3.19. The lowest BCUT2D eigenvalue weighted by molar-refractivity contribution is 0.0949. The van der Waals surface area contributed by atoms with Crippen LogP contribution in [0.4, 0.5) is 10.8 Å². The zero-order chi connectivity index (χ0) is 21.1. The Labute approximate surface area is 179 Å². The van der Waals surface area contributed by atoms with Gasteiger partial charge in [-0.1, -0.05) is 47.7 Å². The molecular formula is C23H24N4O2S. The van der Waals surface area contributed by atoms with Crippen LogP contribution in [0.15, 0.2) is 54.7 Å². The molecule has 6 nitrogen and oxygen atoms in total. The van der Waals surface area contributed by atoms with Gasteiger partial charge in [0, 0.05) is 17.3 Å². The molecule has 0 saturated heterocycles.